The van der Waals surface area contributed by atoms with Crippen molar-refractivity contribution >= 4 is 5.97 Å². The van der Waals surface area contributed by atoms with Crippen molar-refractivity contribution in [3.05, 3.63) is 34.6 Å². The van der Waals surface area contributed by atoms with Crippen LogP contribution in [0.4, 0.5) is 0 Å². The van der Waals surface area contributed by atoms with Gasteiger partial charge in [-0.1, -0.05) is 37.0 Å². The summed E-state index contributed by atoms with van der Waals surface area (Å²) in [6.45, 7) is 2.27. The van der Waals surface area contributed by atoms with Crippen molar-refractivity contribution in [3.63, 3.8) is 0 Å². The molecule has 114 valence electrons. The molecule has 0 amide bonds. The first-order chi connectivity index (χ1) is 10.2. The summed E-state index contributed by atoms with van der Waals surface area (Å²) in [5, 5.41) is 0. The number of rotatable bonds is 2. The van der Waals surface area contributed by atoms with E-state index in [1.807, 2.05) is 6.92 Å². The highest BCUT2D eigenvalue weighted by molar-refractivity contribution is 5.92. The third-order valence-corrected chi connectivity index (χ3v) is 5.21. The van der Waals surface area contributed by atoms with Gasteiger partial charge in [-0.05, 0) is 44.6 Å². The summed E-state index contributed by atoms with van der Waals surface area (Å²) in [4.78, 5) is 12.5. The molecule has 3 nitrogen and oxygen atoms in total. The van der Waals surface area contributed by atoms with E-state index in [2.05, 4.69) is 12.2 Å². The number of carbonyl (C=O) groups excluding carboxylic acids is 1. The number of carbonyl (C=O) groups is 1. The van der Waals surface area contributed by atoms with E-state index in [0.29, 0.717) is 12.3 Å². The lowest BCUT2D eigenvalue weighted by Gasteiger charge is -2.43. The van der Waals surface area contributed by atoms with Crippen LogP contribution in [0.3, 0.4) is 0 Å². The highest BCUT2D eigenvalue weighted by atomic mass is 16.5. The standard InChI is InChI=1S/C18H25NO2/c1-2-21-17(20)15-16(19)14-9-5-4-8-13(14)12-18(15)10-6-3-7-11-18/h5,9H,2-4,6-8,10-12,19H2,1H3. The fourth-order valence-electron chi connectivity index (χ4n) is 4.28. The van der Waals surface area contributed by atoms with Crippen molar-refractivity contribution < 1.29 is 9.53 Å². The Hall–Kier alpha value is -1.51. The highest BCUT2D eigenvalue weighted by Crippen LogP contribution is 2.53. The Kier molecular flexibility index (Phi) is 3.92. The number of allylic oxidation sites excluding steroid dienone is 3. The van der Waals surface area contributed by atoms with Crippen molar-refractivity contribution in [1.29, 1.82) is 0 Å². The minimum atomic E-state index is -0.192. The molecule has 1 fully saturated rings. The normalized spacial score (nSPS) is 24.2. The summed E-state index contributed by atoms with van der Waals surface area (Å²) in [5.74, 6) is -0.192. The Morgan fingerprint density at radius 2 is 2.10 bits per heavy atom. The van der Waals surface area contributed by atoms with Gasteiger partial charge in [0.25, 0.3) is 0 Å². The summed E-state index contributed by atoms with van der Waals surface area (Å²) in [7, 11) is 0. The Bertz CT molecular complexity index is 533. The highest BCUT2D eigenvalue weighted by Gasteiger charge is 2.45. The maximum atomic E-state index is 12.5. The summed E-state index contributed by atoms with van der Waals surface area (Å²) in [6.07, 6.45) is 13.2. The fraction of sp³-hybridized carbons (Fsp3) is 0.611. The summed E-state index contributed by atoms with van der Waals surface area (Å²) < 4.78 is 5.34. The molecule has 3 aliphatic rings. The van der Waals surface area contributed by atoms with Gasteiger partial charge >= 0.3 is 5.97 Å². The second-order valence-corrected chi connectivity index (χ2v) is 6.49. The van der Waals surface area contributed by atoms with Gasteiger partial charge in [0.1, 0.15) is 0 Å². The van der Waals surface area contributed by atoms with Gasteiger partial charge in [-0.15, -0.1) is 0 Å². The van der Waals surface area contributed by atoms with E-state index in [1.54, 1.807) is 0 Å². The SMILES string of the molecule is CCOC(=O)C1=C(N)C2=C(CCC=C2)CC12CCCCC2. The van der Waals surface area contributed by atoms with Crippen molar-refractivity contribution in [2.24, 2.45) is 11.1 Å². The first-order valence-corrected chi connectivity index (χ1v) is 8.24. The smallest absolute Gasteiger partial charge is 0.336 e. The largest absolute Gasteiger partial charge is 0.463 e. The zero-order valence-corrected chi connectivity index (χ0v) is 12.9. The molecular formula is C18H25NO2. The maximum absolute atomic E-state index is 12.5. The Morgan fingerprint density at radius 3 is 2.81 bits per heavy atom. The molecule has 0 heterocycles. The van der Waals surface area contributed by atoms with Gasteiger partial charge in [-0.25, -0.2) is 4.79 Å². The van der Waals surface area contributed by atoms with Gasteiger partial charge in [0.05, 0.1) is 12.2 Å². The molecule has 0 aromatic heterocycles. The van der Waals surface area contributed by atoms with Gasteiger partial charge < -0.3 is 10.5 Å². The lowest BCUT2D eigenvalue weighted by Crippen LogP contribution is -2.37. The summed E-state index contributed by atoms with van der Waals surface area (Å²) >= 11 is 0. The van der Waals surface area contributed by atoms with E-state index in [9.17, 15) is 4.79 Å². The van der Waals surface area contributed by atoms with E-state index in [-0.39, 0.29) is 11.4 Å². The number of ether oxygens (including phenoxy) is 1. The topological polar surface area (TPSA) is 52.3 Å². The quantitative estimate of drug-likeness (QED) is 0.787. The van der Waals surface area contributed by atoms with Crippen LogP contribution in [-0.2, 0) is 9.53 Å². The zero-order valence-electron chi connectivity index (χ0n) is 12.9. The van der Waals surface area contributed by atoms with Crippen LogP contribution in [0.5, 0.6) is 0 Å². The predicted molar refractivity (Wildman–Crippen MR) is 83.4 cm³/mol. The molecule has 21 heavy (non-hydrogen) atoms. The third-order valence-electron chi connectivity index (χ3n) is 5.21. The van der Waals surface area contributed by atoms with Crippen LogP contribution in [0.2, 0.25) is 0 Å². The predicted octanol–water partition coefficient (Wildman–Crippen LogP) is 3.76. The maximum Gasteiger partial charge on any atom is 0.336 e. The molecule has 2 N–H and O–H groups in total. The van der Waals surface area contributed by atoms with E-state index in [4.69, 9.17) is 10.5 Å². The van der Waals surface area contributed by atoms with Crippen LogP contribution in [0, 0.1) is 5.41 Å². The molecule has 3 rings (SSSR count). The molecule has 3 aliphatic carbocycles. The van der Waals surface area contributed by atoms with Crippen molar-refractivity contribution in [1.82, 2.24) is 0 Å². The minimum absolute atomic E-state index is 0.0569. The molecule has 0 aromatic carbocycles. The Balaban J connectivity index is 2.07. The number of hydrogen-bond donors (Lipinski definition) is 1. The van der Waals surface area contributed by atoms with Crippen LogP contribution in [0.15, 0.2) is 34.6 Å². The van der Waals surface area contributed by atoms with Gasteiger partial charge in [0, 0.05) is 11.1 Å². The molecule has 0 aliphatic heterocycles. The van der Waals surface area contributed by atoms with Gasteiger partial charge in [0.2, 0.25) is 0 Å². The number of hydrogen-bond acceptors (Lipinski definition) is 3. The Morgan fingerprint density at radius 1 is 1.33 bits per heavy atom. The average molecular weight is 287 g/mol. The van der Waals surface area contributed by atoms with Crippen molar-refractivity contribution in [2.75, 3.05) is 6.61 Å². The molecule has 0 bridgehead atoms. The second-order valence-electron chi connectivity index (χ2n) is 6.49. The minimum Gasteiger partial charge on any atom is -0.463 e. The second kappa shape index (κ2) is 5.70. The van der Waals surface area contributed by atoms with Gasteiger partial charge in [-0.3, -0.25) is 0 Å². The van der Waals surface area contributed by atoms with E-state index in [0.717, 1.165) is 43.3 Å². The number of esters is 1. The van der Waals surface area contributed by atoms with E-state index >= 15 is 0 Å². The van der Waals surface area contributed by atoms with Crippen LogP contribution >= 0.6 is 0 Å². The first-order valence-electron chi connectivity index (χ1n) is 8.24. The molecular weight excluding hydrogens is 262 g/mol. The molecule has 0 unspecified atom stereocenters. The van der Waals surface area contributed by atoms with Gasteiger partial charge in [0.15, 0.2) is 0 Å². The summed E-state index contributed by atoms with van der Waals surface area (Å²) in [5.41, 5.74) is 10.4. The average Bonchev–Trinajstić information content (AvgIpc) is 2.48. The third kappa shape index (κ3) is 2.43. The lowest BCUT2D eigenvalue weighted by molar-refractivity contribution is -0.140. The fourth-order valence-corrected chi connectivity index (χ4v) is 4.28. The van der Waals surface area contributed by atoms with Crippen LogP contribution in [-0.4, -0.2) is 12.6 Å². The molecule has 1 spiro atoms. The number of nitrogens with two attached hydrogens (primary N) is 1. The molecule has 0 aromatic rings. The Labute approximate surface area is 126 Å². The molecule has 0 radical (unpaired) electrons. The van der Waals surface area contributed by atoms with Crippen LogP contribution < -0.4 is 5.73 Å². The van der Waals surface area contributed by atoms with Gasteiger partial charge in [-0.2, -0.15) is 0 Å². The van der Waals surface area contributed by atoms with E-state index < -0.39 is 0 Å². The van der Waals surface area contributed by atoms with Crippen molar-refractivity contribution in [3.8, 4) is 0 Å². The first kappa shape index (κ1) is 14.4. The van der Waals surface area contributed by atoms with Crippen LogP contribution in [0.25, 0.3) is 0 Å². The molecule has 0 atom stereocenters. The molecule has 3 heteroatoms. The lowest BCUT2D eigenvalue weighted by atomic mass is 9.61. The molecule has 0 saturated heterocycles. The van der Waals surface area contributed by atoms with E-state index in [1.165, 1.54) is 24.8 Å². The van der Waals surface area contributed by atoms with Crippen molar-refractivity contribution in [2.45, 2.75) is 58.3 Å². The summed E-state index contributed by atoms with van der Waals surface area (Å²) in [6, 6.07) is 0. The zero-order chi connectivity index (χ0) is 14.9. The monoisotopic (exact) mass is 287 g/mol. The van der Waals surface area contributed by atoms with Crippen LogP contribution in [0.1, 0.15) is 58.3 Å². The molecule has 1 saturated carbocycles.